The molecule has 1 fully saturated rings. The molecule has 21 heavy (non-hydrogen) atoms. The molecule has 1 aliphatic heterocycles. The highest BCUT2D eigenvalue weighted by molar-refractivity contribution is 5.80. The van der Waals surface area contributed by atoms with E-state index in [9.17, 15) is 18.0 Å². The molecule has 2 rings (SSSR count). The van der Waals surface area contributed by atoms with E-state index in [2.05, 4.69) is 5.10 Å². The van der Waals surface area contributed by atoms with E-state index in [1.807, 2.05) is 13.8 Å². The smallest absolute Gasteiger partial charge is 0.330 e. The number of halogens is 3. The molecule has 0 saturated carbocycles. The number of aromatic nitrogens is 2. The zero-order valence-electron chi connectivity index (χ0n) is 12.5. The summed E-state index contributed by atoms with van der Waals surface area (Å²) in [6.07, 6.45) is -2.95. The molecule has 0 aromatic carbocycles. The van der Waals surface area contributed by atoms with Crippen LogP contribution in [0.25, 0.3) is 0 Å². The van der Waals surface area contributed by atoms with E-state index in [4.69, 9.17) is 0 Å². The van der Waals surface area contributed by atoms with Crippen molar-refractivity contribution in [2.45, 2.75) is 51.7 Å². The van der Waals surface area contributed by atoms with Crippen LogP contribution in [-0.2, 0) is 31.1 Å². The average molecular weight is 303 g/mol. The topological polar surface area (TPSA) is 38.1 Å². The molecule has 0 radical (unpaired) electrons. The molecule has 1 aromatic heterocycles. The van der Waals surface area contributed by atoms with E-state index in [-0.39, 0.29) is 19.4 Å². The van der Waals surface area contributed by atoms with Crippen molar-refractivity contribution in [3.63, 3.8) is 0 Å². The predicted octanol–water partition coefficient (Wildman–Crippen LogP) is 2.25. The SMILES string of the molecule is CCc1nn(C)c(CC)c1CC(=O)N1CCC1C(F)(F)F. The molecule has 1 amide bonds. The second-order valence-electron chi connectivity index (χ2n) is 5.31. The van der Waals surface area contributed by atoms with Crippen molar-refractivity contribution in [1.29, 1.82) is 0 Å². The second-order valence-corrected chi connectivity index (χ2v) is 5.31. The molecule has 0 spiro atoms. The minimum Gasteiger partial charge on any atom is -0.330 e. The van der Waals surface area contributed by atoms with Crippen molar-refractivity contribution in [3.05, 3.63) is 17.0 Å². The summed E-state index contributed by atoms with van der Waals surface area (Å²) in [5.74, 6) is -0.457. The first-order chi connectivity index (χ1) is 9.79. The maximum atomic E-state index is 12.7. The normalized spacial score (nSPS) is 18.8. The molecule has 1 aliphatic rings. The Morgan fingerprint density at radius 3 is 2.43 bits per heavy atom. The Kier molecular flexibility index (Phi) is 4.30. The lowest BCUT2D eigenvalue weighted by molar-refractivity contribution is -0.212. The molecule has 1 unspecified atom stereocenters. The Morgan fingerprint density at radius 1 is 1.33 bits per heavy atom. The number of carbonyl (C=O) groups is 1. The molecule has 1 aromatic rings. The summed E-state index contributed by atoms with van der Waals surface area (Å²) in [7, 11) is 1.80. The molecule has 118 valence electrons. The third-order valence-corrected chi connectivity index (χ3v) is 4.07. The standard InChI is InChI=1S/C14H20F3N3O/c1-4-10-9(11(5-2)19(3)18-10)8-13(21)20-7-6-12(20)14(15,16)17/h12H,4-8H2,1-3H3. The van der Waals surface area contributed by atoms with Crippen LogP contribution in [0.4, 0.5) is 13.2 Å². The lowest BCUT2D eigenvalue weighted by Crippen LogP contribution is -2.58. The summed E-state index contributed by atoms with van der Waals surface area (Å²) >= 11 is 0. The van der Waals surface area contributed by atoms with Crippen molar-refractivity contribution in [3.8, 4) is 0 Å². The van der Waals surface area contributed by atoms with Crippen LogP contribution in [0.2, 0.25) is 0 Å². The van der Waals surface area contributed by atoms with Gasteiger partial charge < -0.3 is 4.90 Å². The van der Waals surface area contributed by atoms with E-state index in [0.29, 0.717) is 12.8 Å². The molecule has 0 bridgehead atoms. The Balaban J connectivity index is 2.17. The fourth-order valence-corrected chi connectivity index (χ4v) is 2.87. The van der Waals surface area contributed by atoms with Crippen molar-refractivity contribution in [2.75, 3.05) is 6.54 Å². The van der Waals surface area contributed by atoms with Gasteiger partial charge in [-0.15, -0.1) is 0 Å². The van der Waals surface area contributed by atoms with E-state index >= 15 is 0 Å². The maximum Gasteiger partial charge on any atom is 0.408 e. The average Bonchev–Trinajstić information content (AvgIpc) is 2.61. The minimum atomic E-state index is -4.33. The number of rotatable bonds is 4. The molecular weight excluding hydrogens is 283 g/mol. The van der Waals surface area contributed by atoms with Gasteiger partial charge in [-0.25, -0.2) is 0 Å². The zero-order valence-corrected chi connectivity index (χ0v) is 12.5. The first-order valence-corrected chi connectivity index (χ1v) is 7.19. The van der Waals surface area contributed by atoms with Crippen LogP contribution in [0.5, 0.6) is 0 Å². The summed E-state index contributed by atoms with van der Waals surface area (Å²) in [4.78, 5) is 13.1. The van der Waals surface area contributed by atoms with Gasteiger partial charge in [0.2, 0.25) is 5.91 Å². The van der Waals surface area contributed by atoms with Gasteiger partial charge in [-0.1, -0.05) is 13.8 Å². The summed E-state index contributed by atoms with van der Waals surface area (Å²) in [5, 5.41) is 4.35. The minimum absolute atomic E-state index is 0.00352. The third-order valence-electron chi connectivity index (χ3n) is 4.07. The van der Waals surface area contributed by atoms with Crippen LogP contribution in [0.3, 0.4) is 0 Å². The fraction of sp³-hybridized carbons (Fsp3) is 0.714. The van der Waals surface area contributed by atoms with Crippen LogP contribution in [0.15, 0.2) is 0 Å². The molecule has 1 saturated heterocycles. The largest absolute Gasteiger partial charge is 0.408 e. The number of likely N-dealkylation sites (tertiary alicyclic amines) is 1. The maximum absolute atomic E-state index is 12.7. The highest BCUT2D eigenvalue weighted by Gasteiger charge is 2.50. The predicted molar refractivity (Wildman–Crippen MR) is 71.8 cm³/mol. The van der Waals surface area contributed by atoms with Gasteiger partial charge in [-0.3, -0.25) is 9.48 Å². The molecule has 0 aliphatic carbocycles. The van der Waals surface area contributed by atoms with Crippen molar-refractivity contribution in [1.82, 2.24) is 14.7 Å². The number of carbonyl (C=O) groups excluding carboxylic acids is 1. The Labute approximate surface area is 121 Å². The van der Waals surface area contributed by atoms with Gasteiger partial charge in [0.15, 0.2) is 0 Å². The van der Waals surface area contributed by atoms with Crippen molar-refractivity contribution >= 4 is 5.91 Å². The highest BCUT2D eigenvalue weighted by Crippen LogP contribution is 2.34. The quantitative estimate of drug-likeness (QED) is 0.855. The Hall–Kier alpha value is -1.53. The molecule has 2 heterocycles. The molecule has 1 atom stereocenters. The number of hydrogen-bond acceptors (Lipinski definition) is 2. The second kappa shape index (κ2) is 5.69. The van der Waals surface area contributed by atoms with Gasteiger partial charge in [0, 0.05) is 24.8 Å². The Bertz CT molecular complexity index is 536. The first kappa shape index (κ1) is 15.9. The number of hydrogen-bond donors (Lipinski definition) is 0. The monoisotopic (exact) mass is 303 g/mol. The fourth-order valence-electron chi connectivity index (χ4n) is 2.87. The first-order valence-electron chi connectivity index (χ1n) is 7.19. The van der Waals surface area contributed by atoms with Gasteiger partial charge >= 0.3 is 6.18 Å². The van der Waals surface area contributed by atoms with E-state index in [1.165, 1.54) is 0 Å². The summed E-state index contributed by atoms with van der Waals surface area (Å²) in [5.41, 5.74) is 2.51. The van der Waals surface area contributed by atoms with Crippen LogP contribution >= 0.6 is 0 Å². The van der Waals surface area contributed by atoms with Crippen LogP contribution in [0.1, 0.15) is 37.2 Å². The summed E-state index contributed by atoms with van der Waals surface area (Å²) in [6, 6.07) is -1.61. The van der Waals surface area contributed by atoms with Gasteiger partial charge in [0.1, 0.15) is 6.04 Å². The van der Waals surface area contributed by atoms with Gasteiger partial charge in [0.25, 0.3) is 0 Å². The van der Waals surface area contributed by atoms with Crippen LogP contribution in [-0.4, -0.2) is 39.4 Å². The van der Waals surface area contributed by atoms with E-state index < -0.39 is 18.1 Å². The van der Waals surface area contributed by atoms with Crippen molar-refractivity contribution in [2.24, 2.45) is 7.05 Å². The number of nitrogens with zero attached hydrogens (tertiary/aromatic N) is 3. The third kappa shape index (κ3) is 2.91. The molecular formula is C14H20F3N3O. The van der Waals surface area contributed by atoms with E-state index in [0.717, 1.165) is 21.9 Å². The number of alkyl halides is 3. The van der Waals surface area contributed by atoms with Crippen molar-refractivity contribution < 1.29 is 18.0 Å². The molecule has 0 N–H and O–H groups in total. The zero-order chi connectivity index (χ0) is 15.8. The van der Waals surface area contributed by atoms with E-state index in [1.54, 1.807) is 11.7 Å². The van der Waals surface area contributed by atoms with Gasteiger partial charge in [0.05, 0.1) is 12.1 Å². The van der Waals surface area contributed by atoms with Crippen LogP contribution in [0, 0.1) is 0 Å². The molecule has 7 heteroatoms. The summed E-state index contributed by atoms with van der Waals surface area (Å²) in [6.45, 7) is 4.07. The number of amides is 1. The van der Waals surface area contributed by atoms with Crippen LogP contribution < -0.4 is 0 Å². The Morgan fingerprint density at radius 2 is 2.00 bits per heavy atom. The summed E-state index contributed by atoms with van der Waals surface area (Å²) < 4.78 is 39.9. The van der Waals surface area contributed by atoms with Gasteiger partial charge in [-0.05, 0) is 19.3 Å². The van der Waals surface area contributed by atoms with Gasteiger partial charge in [-0.2, -0.15) is 18.3 Å². The highest BCUT2D eigenvalue weighted by atomic mass is 19.4. The molecule has 4 nitrogen and oxygen atoms in total. The number of aryl methyl sites for hydroxylation is 2. The lowest BCUT2D eigenvalue weighted by Gasteiger charge is -2.41. The lowest BCUT2D eigenvalue weighted by atomic mass is 9.99.